The minimum atomic E-state index is -3.34. The number of ether oxygens (including phenoxy) is 1. The highest BCUT2D eigenvalue weighted by atomic mass is 32.2. The number of hydrogen-bond acceptors (Lipinski definition) is 6. The van der Waals surface area contributed by atoms with E-state index in [1.54, 1.807) is 6.92 Å². The highest BCUT2D eigenvalue weighted by Crippen LogP contribution is 2.17. The average Bonchev–Trinajstić information content (AvgIpc) is 2.47. The number of aryl methyl sites for hydroxylation is 1. The number of nitrogens with zero attached hydrogens (tertiary/aromatic N) is 3. The topological polar surface area (TPSA) is 84.4 Å². The number of anilines is 1. The summed E-state index contributed by atoms with van der Waals surface area (Å²) in [6.45, 7) is 5.11. The molecule has 0 spiro atoms. The van der Waals surface area contributed by atoms with Crippen LogP contribution in [0.15, 0.2) is 12.1 Å². The van der Waals surface area contributed by atoms with Gasteiger partial charge < -0.3 is 9.64 Å². The molecule has 1 saturated heterocycles. The van der Waals surface area contributed by atoms with Gasteiger partial charge in [0.05, 0.1) is 17.6 Å². The van der Waals surface area contributed by atoms with E-state index < -0.39 is 10.0 Å². The lowest BCUT2D eigenvalue weighted by molar-refractivity contribution is 0.136. The number of rotatable bonds is 6. The lowest BCUT2D eigenvalue weighted by Crippen LogP contribution is -2.49. The summed E-state index contributed by atoms with van der Waals surface area (Å²) < 4.78 is 32.0. The molecule has 0 unspecified atom stereocenters. The van der Waals surface area contributed by atoms with E-state index in [2.05, 4.69) is 19.8 Å². The number of aromatic nitrogens is 2. The summed E-state index contributed by atoms with van der Waals surface area (Å²) in [5, 5.41) is 8.23. The molecule has 1 aromatic heterocycles. The van der Waals surface area contributed by atoms with E-state index in [-0.39, 0.29) is 17.9 Å². The van der Waals surface area contributed by atoms with Gasteiger partial charge in [-0.1, -0.05) is 0 Å². The van der Waals surface area contributed by atoms with Crippen molar-refractivity contribution in [1.29, 1.82) is 0 Å². The molecule has 2 heterocycles. The van der Waals surface area contributed by atoms with E-state index >= 15 is 0 Å². The predicted octanol–water partition coefficient (Wildman–Crippen LogP) is 0.708. The van der Waals surface area contributed by atoms with Gasteiger partial charge in [-0.15, -0.1) is 5.10 Å². The van der Waals surface area contributed by atoms with Gasteiger partial charge in [0.25, 0.3) is 0 Å². The molecule has 8 heteroatoms. The van der Waals surface area contributed by atoms with Gasteiger partial charge in [-0.3, -0.25) is 0 Å². The summed E-state index contributed by atoms with van der Waals surface area (Å²) in [4.78, 5) is 2.07. The van der Waals surface area contributed by atoms with Crippen molar-refractivity contribution in [3.63, 3.8) is 0 Å². The van der Waals surface area contributed by atoms with Crippen molar-refractivity contribution in [2.24, 2.45) is 0 Å². The van der Waals surface area contributed by atoms with E-state index in [0.29, 0.717) is 6.54 Å². The van der Waals surface area contributed by atoms with Crippen molar-refractivity contribution in [2.45, 2.75) is 38.8 Å². The van der Waals surface area contributed by atoms with Crippen LogP contribution in [0.5, 0.6) is 0 Å². The summed E-state index contributed by atoms with van der Waals surface area (Å²) in [7, 11) is -1.83. The molecule has 0 saturated carbocycles. The van der Waals surface area contributed by atoms with E-state index in [4.69, 9.17) is 4.74 Å². The van der Waals surface area contributed by atoms with Crippen LogP contribution >= 0.6 is 0 Å². The molecule has 0 aromatic carbocycles. The van der Waals surface area contributed by atoms with Gasteiger partial charge in [0.15, 0.2) is 5.82 Å². The maximum atomic E-state index is 12.1. The van der Waals surface area contributed by atoms with Crippen LogP contribution in [0.4, 0.5) is 5.82 Å². The van der Waals surface area contributed by atoms with Crippen LogP contribution in [0.2, 0.25) is 0 Å². The van der Waals surface area contributed by atoms with Crippen molar-refractivity contribution in [1.82, 2.24) is 14.9 Å². The Bertz CT molecular complexity index is 576. The van der Waals surface area contributed by atoms with Gasteiger partial charge in [0.2, 0.25) is 10.0 Å². The fourth-order valence-electron chi connectivity index (χ4n) is 2.52. The molecule has 0 amide bonds. The summed E-state index contributed by atoms with van der Waals surface area (Å²) in [5.41, 5.74) is 0.867. The standard InChI is InChI=1S/C14H24N4O3S/c1-11-6-7-14(16-15-11)18-8-4-5-13(9-18)17-22(19,20)10-12(2)21-3/h6-7,12-13,17H,4-5,8-10H2,1-3H3/t12-,13+/m0/s1. The van der Waals surface area contributed by atoms with Gasteiger partial charge >= 0.3 is 0 Å². The third kappa shape index (κ3) is 4.89. The van der Waals surface area contributed by atoms with Crippen molar-refractivity contribution in [3.05, 3.63) is 17.8 Å². The van der Waals surface area contributed by atoms with Crippen molar-refractivity contribution >= 4 is 15.8 Å². The lowest BCUT2D eigenvalue weighted by Gasteiger charge is -2.33. The summed E-state index contributed by atoms with van der Waals surface area (Å²) in [6, 6.07) is 3.73. The van der Waals surface area contributed by atoms with Crippen molar-refractivity contribution in [2.75, 3.05) is 30.9 Å². The number of hydrogen-bond donors (Lipinski definition) is 1. The number of methoxy groups -OCH3 is 1. The Labute approximate surface area is 132 Å². The van der Waals surface area contributed by atoms with Gasteiger partial charge in [-0.05, 0) is 38.8 Å². The normalized spacial score (nSPS) is 20.9. The molecule has 0 aliphatic carbocycles. The zero-order valence-electron chi connectivity index (χ0n) is 13.3. The second kappa shape index (κ2) is 7.34. The fourth-order valence-corrected chi connectivity index (χ4v) is 4.07. The molecular weight excluding hydrogens is 304 g/mol. The molecule has 0 radical (unpaired) electrons. The first kappa shape index (κ1) is 17.1. The van der Waals surface area contributed by atoms with Gasteiger partial charge in [0, 0.05) is 26.2 Å². The van der Waals surface area contributed by atoms with Crippen LogP contribution in [-0.2, 0) is 14.8 Å². The molecule has 1 aliphatic rings. The molecule has 22 heavy (non-hydrogen) atoms. The van der Waals surface area contributed by atoms with Crippen LogP contribution in [0.1, 0.15) is 25.5 Å². The van der Waals surface area contributed by atoms with Gasteiger partial charge in [-0.2, -0.15) is 5.10 Å². The first-order valence-corrected chi connectivity index (χ1v) is 9.13. The zero-order chi connectivity index (χ0) is 16.2. The van der Waals surface area contributed by atoms with Gasteiger partial charge in [0.1, 0.15) is 0 Å². The first-order valence-electron chi connectivity index (χ1n) is 7.47. The van der Waals surface area contributed by atoms with Gasteiger partial charge in [-0.25, -0.2) is 13.1 Å². The van der Waals surface area contributed by atoms with Crippen molar-refractivity contribution in [3.8, 4) is 0 Å². The third-order valence-corrected chi connectivity index (χ3v) is 5.33. The summed E-state index contributed by atoms with van der Waals surface area (Å²) in [6.07, 6.45) is 1.43. The average molecular weight is 328 g/mol. The van der Waals surface area contributed by atoms with Crippen molar-refractivity contribution < 1.29 is 13.2 Å². The van der Waals surface area contributed by atoms with E-state index in [9.17, 15) is 8.42 Å². The maximum Gasteiger partial charge on any atom is 0.214 e. The molecule has 1 aromatic rings. The smallest absolute Gasteiger partial charge is 0.214 e. The Morgan fingerprint density at radius 2 is 2.23 bits per heavy atom. The molecule has 7 nitrogen and oxygen atoms in total. The molecule has 124 valence electrons. The second-order valence-corrected chi connectivity index (χ2v) is 7.56. The number of sulfonamides is 1. The van der Waals surface area contributed by atoms with E-state index in [1.807, 2.05) is 19.1 Å². The van der Waals surface area contributed by atoms with Crippen LogP contribution in [-0.4, -0.2) is 56.7 Å². The fraction of sp³-hybridized carbons (Fsp3) is 0.714. The van der Waals surface area contributed by atoms with Crippen LogP contribution in [0, 0.1) is 6.92 Å². The third-order valence-electron chi connectivity index (χ3n) is 3.73. The number of piperidine rings is 1. The highest BCUT2D eigenvalue weighted by molar-refractivity contribution is 7.89. The Morgan fingerprint density at radius 1 is 1.45 bits per heavy atom. The molecule has 2 atom stereocenters. The molecule has 1 fully saturated rings. The van der Waals surface area contributed by atoms with Crippen LogP contribution < -0.4 is 9.62 Å². The van der Waals surface area contributed by atoms with E-state index in [0.717, 1.165) is 30.9 Å². The Balaban J connectivity index is 1.97. The minimum Gasteiger partial charge on any atom is -0.381 e. The zero-order valence-corrected chi connectivity index (χ0v) is 14.1. The van der Waals surface area contributed by atoms with E-state index in [1.165, 1.54) is 7.11 Å². The Morgan fingerprint density at radius 3 is 2.86 bits per heavy atom. The summed E-state index contributed by atoms with van der Waals surface area (Å²) in [5.74, 6) is 0.768. The summed E-state index contributed by atoms with van der Waals surface area (Å²) >= 11 is 0. The lowest BCUT2D eigenvalue weighted by atomic mass is 10.1. The largest absolute Gasteiger partial charge is 0.381 e. The molecular formula is C14H24N4O3S. The predicted molar refractivity (Wildman–Crippen MR) is 85.4 cm³/mol. The molecule has 0 bridgehead atoms. The SMILES string of the molecule is CO[C@@H](C)CS(=O)(=O)N[C@@H]1CCCN(c2ccc(C)nn2)C1. The van der Waals surface area contributed by atoms with Crippen LogP contribution in [0.3, 0.4) is 0 Å². The monoisotopic (exact) mass is 328 g/mol. The molecule has 1 aliphatic heterocycles. The quantitative estimate of drug-likeness (QED) is 0.828. The Hall–Kier alpha value is -1.25. The maximum absolute atomic E-state index is 12.1. The molecule has 2 rings (SSSR count). The Kier molecular flexibility index (Phi) is 5.71. The molecule has 1 N–H and O–H groups in total. The second-order valence-electron chi connectivity index (χ2n) is 5.76. The highest BCUT2D eigenvalue weighted by Gasteiger charge is 2.26. The van der Waals surface area contributed by atoms with Crippen LogP contribution in [0.25, 0.3) is 0 Å². The number of nitrogens with one attached hydrogen (secondary N) is 1. The first-order chi connectivity index (χ1) is 10.4. The minimum absolute atomic E-state index is 0.0235.